The maximum atomic E-state index is 12.2. The number of anilines is 1. The van der Waals surface area contributed by atoms with Gasteiger partial charge in [0.15, 0.2) is 16.6 Å². The van der Waals surface area contributed by atoms with Crippen molar-refractivity contribution in [1.29, 1.82) is 0 Å². The fourth-order valence-electron chi connectivity index (χ4n) is 2.80. The summed E-state index contributed by atoms with van der Waals surface area (Å²) < 4.78 is 10.7. The van der Waals surface area contributed by atoms with Crippen molar-refractivity contribution in [3.8, 4) is 22.8 Å². The van der Waals surface area contributed by atoms with E-state index in [-0.39, 0.29) is 12.7 Å². The van der Waals surface area contributed by atoms with Gasteiger partial charge >= 0.3 is 0 Å². The molecule has 28 heavy (non-hydrogen) atoms. The van der Waals surface area contributed by atoms with E-state index in [1.807, 2.05) is 41.4 Å². The first-order chi connectivity index (χ1) is 13.8. The van der Waals surface area contributed by atoms with Crippen molar-refractivity contribution in [2.45, 2.75) is 18.6 Å². The maximum Gasteiger partial charge on any atom is 0.231 e. The number of ether oxygens (including phenoxy) is 2. The number of thiazole rings is 1. The van der Waals surface area contributed by atoms with E-state index in [2.05, 4.69) is 34.6 Å². The van der Waals surface area contributed by atoms with Crippen LogP contribution >= 0.6 is 23.1 Å². The van der Waals surface area contributed by atoms with Gasteiger partial charge in [-0.1, -0.05) is 30.3 Å². The standard InChI is InChI=1S/C21H20N2O3S2/c24-20(7-4-10-27-12-15-5-2-1-3-6-15)23-21-22-17(13-28-21)16-8-9-18-19(11-16)26-14-25-18/h1-3,5-6,8-9,11,13H,4,7,10,12,14H2,(H,22,23,24). The van der Waals surface area contributed by atoms with E-state index in [1.54, 1.807) is 0 Å². The van der Waals surface area contributed by atoms with Crippen molar-refractivity contribution in [2.24, 2.45) is 0 Å². The second-order valence-electron chi connectivity index (χ2n) is 6.30. The number of hydrogen-bond acceptors (Lipinski definition) is 6. The van der Waals surface area contributed by atoms with Gasteiger partial charge in [0.2, 0.25) is 12.7 Å². The molecule has 144 valence electrons. The molecule has 1 aliphatic rings. The minimum atomic E-state index is 0.00639. The molecule has 1 aliphatic heterocycles. The molecule has 2 aromatic carbocycles. The third kappa shape index (κ3) is 4.85. The molecule has 0 unspecified atom stereocenters. The van der Waals surface area contributed by atoms with E-state index in [0.29, 0.717) is 11.6 Å². The minimum absolute atomic E-state index is 0.00639. The Morgan fingerprint density at radius 2 is 2.00 bits per heavy atom. The lowest BCUT2D eigenvalue weighted by Gasteiger charge is -2.03. The highest BCUT2D eigenvalue weighted by molar-refractivity contribution is 7.98. The molecule has 0 saturated heterocycles. The van der Waals surface area contributed by atoms with Crippen LogP contribution in [0.1, 0.15) is 18.4 Å². The molecule has 0 fully saturated rings. The predicted molar refractivity (Wildman–Crippen MR) is 114 cm³/mol. The summed E-state index contributed by atoms with van der Waals surface area (Å²) >= 11 is 3.28. The lowest BCUT2D eigenvalue weighted by Crippen LogP contribution is -2.11. The quantitative estimate of drug-likeness (QED) is 0.516. The molecule has 1 aromatic heterocycles. The topological polar surface area (TPSA) is 60.5 Å². The number of carbonyl (C=O) groups is 1. The number of aromatic nitrogens is 1. The van der Waals surface area contributed by atoms with E-state index in [0.717, 1.165) is 40.7 Å². The van der Waals surface area contributed by atoms with Crippen LogP contribution in [0.4, 0.5) is 5.13 Å². The smallest absolute Gasteiger partial charge is 0.231 e. The molecule has 0 spiro atoms. The number of carbonyl (C=O) groups excluding carboxylic acids is 1. The van der Waals surface area contributed by atoms with E-state index >= 15 is 0 Å². The average molecular weight is 413 g/mol. The zero-order chi connectivity index (χ0) is 19.2. The van der Waals surface area contributed by atoms with Gasteiger partial charge in [0.25, 0.3) is 0 Å². The van der Waals surface area contributed by atoms with Crippen LogP contribution in [-0.2, 0) is 10.5 Å². The number of nitrogens with one attached hydrogen (secondary N) is 1. The van der Waals surface area contributed by atoms with Crippen molar-refractivity contribution in [1.82, 2.24) is 4.98 Å². The monoisotopic (exact) mass is 412 g/mol. The normalized spacial score (nSPS) is 12.1. The van der Waals surface area contributed by atoms with Crippen LogP contribution in [0.3, 0.4) is 0 Å². The van der Waals surface area contributed by atoms with E-state index in [9.17, 15) is 4.79 Å². The van der Waals surface area contributed by atoms with Gasteiger partial charge in [-0.25, -0.2) is 4.98 Å². The van der Waals surface area contributed by atoms with Gasteiger partial charge in [0.05, 0.1) is 5.69 Å². The van der Waals surface area contributed by atoms with E-state index < -0.39 is 0 Å². The molecule has 2 heterocycles. The van der Waals surface area contributed by atoms with Gasteiger partial charge < -0.3 is 14.8 Å². The number of fused-ring (bicyclic) bond motifs is 1. The van der Waals surface area contributed by atoms with Crippen molar-refractivity contribution in [2.75, 3.05) is 17.9 Å². The van der Waals surface area contributed by atoms with Crippen LogP contribution in [0.5, 0.6) is 11.5 Å². The molecule has 0 radical (unpaired) electrons. The predicted octanol–water partition coefficient (Wildman–Crippen LogP) is 5.19. The number of thioether (sulfide) groups is 1. The minimum Gasteiger partial charge on any atom is -0.454 e. The maximum absolute atomic E-state index is 12.2. The Kier molecular flexibility index (Phi) is 6.14. The van der Waals surface area contributed by atoms with Gasteiger partial charge in [-0.05, 0) is 35.9 Å². The fourth-order valence-corrected chi connectivity index (χ4v) is 4.46. The van der Waals surface area contributed by atoms with Crippen LogP contribution in [0.15, 0.2) is 53.9 Å². The molecule has 7 heteroatoms. The third-order valence-electron chi connectivity index (χ3n) is 4.22. The van der Waals surface area contributed by atoms with Crippen molar-refractivity contribution < 1.29 is 14.3 Å². The summed E-state index contributed by atoms with van der Waals surface area (Å²) in [4.78, 5) is 16.7. The highest BCUT2D eigenvalue weighted by atomic mass is 32.2. The number of nitrogens with zero attached hydrogens (tertiary/aromatic N) is 1. The fraction of sp³-hybridized carbons (Fsp3) is 0.238. The first-order valence-corrected chi connectivity index (χ1v) is 11.1. The first-order valence-electron chi connectivity index (χ1n) is 9.05. The number of rotatable bonds is 8. The molecule has 1 N–H and O–H groups in total. The van der Waals surface area contributed by atoms with Crippen molar-refractivity contribution >= 4 is 34.1 Å². The molecule has 4 rings (SSSR count). The van der Waals surface area contributed by atoms with E-state index in [4.69, 9.17) is 9.47 Å². The molecule has 1 amide bonds. The molecule has 5 nitrogen and oxygen atoms in total. The van der Waals surface area contributed by atoms with E-state index in [1.165, 1.54) is 16.9 Å². The molecule has 0 aliphatic carbocycles. The first kappa shape index (κ1) is 18.8. The second kappa shape index (κ2) is 9.12. The molecule has 0 saturated carbocycles. The molecule has 3 aromatic rings. The zero-order valence-corrected chi connectivity index (χ0v) is 16.9. The Morgan fingerprint density at radius 1 is 1.14 bits per heavy atom. The summed E-state index contributed by atoms with van der Waals surface area (Å²) in [5.41, 5.74) is 3.08. The Hall–Kier alpha value is -2.51. The summed E-state index contributed by atoms with van der Waals surface area (Å²) in [6.07, 6.45) is 1.35. The summed E-state index contributed by atoms with van der Waals surface area (Å²) in [7, 11) is 0. The summed E-state index contributed by atoms with van der Waals surface area (Å²) in [6.45, 7) is 0.251. The Balaban J connectivity index is 1.22. The molecule has 0 bridgehead atoms. The Morgan fingerprint density at radius 3 is 2.89 bits per heavy atom. The molecule has 0 atom stereocenters. The number of amides is 1. The Bertz CT molecular complexity index is 944. The number of benzene rings is 2. The van der Waals surface area contributed by atoms with Gasteiger partial charge in [0, 0.05) is 23.1 Å². The lowest BCUT2D eigenvalue weighted by atomic mass is 10.1. The summed E-state index contributed by atoms with van der Waals surface area (Å²) in [5.74, 6) is 3.42. The third-order valence-corrected chi connectivity index (χ3v) is 6.10. The number of hydrogen-bond donors (Lipinski definition) is 1. The van der Waals surface area contributed by atoms with Crippen LogP contribution in [-0.4, -0.2) is 23.4 Å². The second-order valence-corrected chi connectivity index (χ2v) is 8.26. The van der Waals surface area contributed by atoms with Crippen LogP contribution in [0.25, 0.3) is 11.3 Å². The zero-order valence-electron chi connectivity index (χ0n) is 15.2. The molecular formula is C21H20N2O3S2. The van der Waals surface area contributed by atoms with Crippen molar-refractivity contribution in [3.63, 3.8) is 0 Å². The molecular weight excluding hydrogens is 392 g/mol. The average Bonchev–Trinajstić information content (AvgIpc) is 3.37. The summed E-state index contributed by atoms with van der Waals surface area (Å²) in [5, 5.41) is 5.45. The SMILES string of the molecule is O=C(CCCSCc1ccccc1)Nc1nc(-c2ccc3c(c2)OCO3)cs1. The van der Waals surface area contributed by atoms with Crippen LogP contribution in [0, 0.1) is 0 Å². The van der Waals surface area contributed by atoms with Gasteiger partial charge in [-0.15, -0.1) is 11.3 Å². The Labute approximate surface area is 172 Å². The lowest BCUT2D eigenvalue weighted by molar-refractivity contribution is -0.116. The van der Waals surface area contributed by atoms with Crippen LogP contribution in [0.2, 0.25) is 0 Å². The van der Waals surface area contributed by atoms with Gasteiger partial charge in [-0.3, -0.25) is 4.79 Å². The highest BCUT2D eigenvalue weighted by Crippen LogP contribution is 2.36. The van der Waals surface area contributed by atoms with Crippen molar-refractivity contribution in [3.05, 3.63) is 59.5 Å². The highest BCUT2D eigenvalue weighted by Gasteiger charge is 2.15. The van der Waals surface area contributed by atoms with Gasteiger partial charge in [-0.2, -0.15) is 11.8 Å². The summed E-state index contributed by atoms with van der Waals surface area (Å²) in [6, 6.07) is 16.1. The largest absolute Gasteiger partial charge is 0.454 e. The van der Waals surface area contributed by atoms with Gasteiger partial charge in [0.1, 0.15) is 0 Å². The van der Waals surface area contributed by atoms with Crippen LogP contribution < -0.4 is 14.8 Å².